The average molecular weight is 317 g/mol. The number of benzene rings is 2. The van der Waals surface area contributed by atoms with E-state index in [0.29, 0.717) is 6.54 Å². The van der Waals surface area contributed by atoms with Gasteiger partial charge in [0.1, 0.15) is 0 Å². The van der Waals surface area contributed by atoms with Crippen LogP contribution in [0.4, 0.5) is 0 Å². The smallest absolute Gasteiger partial charge is 0.216 e. The minimum atomic E-state index is 0.0169. The highest BCUT2D eigenvalue weighted by atomic mass is 35.5. The van der Waals surface area contributed by atoms with Gasteiger partial charge in [-0.05, 0) is 30.2 Å². The zero-order valence-electron chi connectivity index (χ0n) is 12.7. The van der Waals surface area contributed by atoms with E-state index in [9.17, 15) is 4.79 Å². The molecule has 0 aliphatic rings. The first-order chi connectivity index (χ1) is 10.7. The molecular formula is C18H21ClN2O. The zero-order chi connectivity index (χ0) is 15.8. The quantitative estimate of drug-likeness (QED) is 0.766. The lowest BCUT2D eigenvalue weighted by molar-refractivity contribution is -0.118. The first-order valence-electron chi connectivity index (χ1n) is 7.46. The largest absolute Gasteiger partial charge is 0.356 e. The molecule has 0 spiro atoms. The first kappa shape index (κ1) is 16.5. The third kappa shape index (κ3) is 5.17. The van der Waals surface area contributed by atoms with E-state index in [2.05, 4.69) is 34.9 Å². The molecule has 0 aliphatic heterocycles. The van der Waals surface area contributed by atoms with Crippen molar-refractivity contribution in [2.45, 2.75) is 19.9 Å². The van der Waals surface area contributed by atoms with Crippen molar-refractivity contribution in [2.24, 2.45) is 0 Å². The minimum absolute atomic E-state index is 0.0169. The van der Waals surface area contributed by atoms with Gasteiger partial charge in [0.25, 0.3) is 0 Å². The van der Waals surface area contributed by atoms with Crippen LogP contribution in [0.1, 0.15) is 18.9 Å². The minimum Gasteiger partial charge on any atom is -0.356 e. The normalized spacial score (nSPS) is 10.5. The van der Waals surface area contributed by atoms with Crippen LogP contribution < -0.4 is 10.6 Å². The van der Waals surface area contributed by atoms with E-state index < -0.39 is 0 Å². The van der Waals surface area contributed by atoms with Gasteiger partial charge in [-0.3, -0.25) is 4.79 Å². The molecular weight excluding hydrogens is 296 g/mol. The fraction of sp³-hybridized carbons (Fsp3) is 0.278. The zero-order valence-corrected chi connectivity index (χ0v) is 13.5. The van der Waals surface area contributed by atoms with Gasteiger partial charge >= 0.3 is 0 Å². The Labute approximate surface area is 136 Å². The SMILES string of the molecule is CC(=O)NCCCNCc1ccc(-c2ccccc2)c(Cl)c1. The fourth-order valence-corrected chi connectivity index (χ4v) is 2.54. The predicted molar refractivity (Wildman–Crippen MR) is 91.9 cm³/mol. The highest BCUT2D eigenvalue weighted by Crippen LogP contribution is 2.28. The van der Waals surface area contributed by atoms with Crippen LogP contribution in [-0.2, 0) is 11.3 Å². The highest BCUT2D eigenvalue weighted by Gasteiger charge is 2.04. The molecule has 0 atom stereocenters. The van der Waals surface area contributed by atoms with E-state index in [1.54, 1.807) is 0 Å². The van der Waals surface area contributed by atoms with Crippen LogP contribution in [0.3, 0.4) is 0 Å². The maximum absolute atomic E-state index is 10.7. The van der Waals surface area contributed by atoms with E-state index in [0.717, 1.165) is 41.2 Å². The number of nitrogens with one attached hydrogen (secondary N) is 2. The summed E-state index contributed by atoms with van der Waals surface area (Å²) in [7, 11) is 0. The summed E-state index contributed by atoms with van der Waals surface area (Å²) in [6, 6.07) is 16.3. The van der Waals surface area contributed by atoms with Crippen molar-refractivity contribution in [1.82, 2.24) is 10.6 Å². The fourth-order valence-electron chi connectivity index (χ4n) is 2.23. The maximum atomic E-state index is 10.7. The summed E-state index contributed by atoms with van der Waals surface area (Å²) in [4.78, 5) is 10.7. The van der Waals surface area contributed by atoms with Crippen LogP contribution in [-0.4, -0.2) is 19.0 Å². The highest BCUT2D eigenvalue weighted by molar-refractivity contribution is 6.33. The molecule has 2 aromatic carbocycles. The number of hydrogen-bond acceptors (Lipinski definition) is 2. The number of halogens is 1. The average Bonchev–Trinajstić information content (AvgIpc) is 2.51. The number of carbonyl (C=O) groups is 1. The summed E-state index contributed by atoms with van der Waals surface area (Å²) in [5.74, 6) is 0.0169. The molecule has 0 heterocycles. The van der Waals surface area contributed by atoms with E-state index in [4.69, 9.17) is 11.6 Å². The Hall–Kier alpha value is -1.84. The summed E-state index contributed by atoms with van der Waals surface area (Å²) in [6.07, 6.45) is 0.912. The Kier molecular flexibility index (Phi) is 6.44. The van der Waals surface area contributed by atoms with E-state index in [1.807, 2.05) is 24.3 Å². The summed E-state index contributed by atoms with van der Waals surface area (Å²) in [5, 5.41) is 6.90. The summed E-state index contributed by atoms with van der Waals surface area (Å²) >= 11 is 6.39. The molecule has 2 aromatic rings. The molecule has 0 radical (unpaired) electrons. The Bertz CT molecular complexity index is 614. The van der Waals surface area contributed by atoms with Crippen molar-refractivity contribution >= 4 is 17.5 Å². The molecule has 0 aliphatic carbocycles. The van der Waals surface area contributed by atoms with Gasteiger partial charge in [-0.15, -0.1) is 0 Å². The Morgan fingerprint density at radius 3 is 2.55 bits per heavy atom. The third-order valence-electron chi connectivity index (χ3n) is 3.35. The Morgan fingerprint density at radius 1 is 1.09 bits per heavy atom. The van der Waals surface area contributed by atoms with Crippen molar-refractivity contribution in [2.75, 3.05) is 13.1 Å². The van der Waals surface area contributed by atoms with Gasteiger partial charge in [0.2, 0.25) is 5.91 Å². The van der Waals surface area contributed by atoms with Crippen molar-refractivity contribution in [1.29, 1.82) is 0 Å². The molecule has 0 saturated heterocycles. The van der Waals surface area contributed by atoms with Gasteiger partial charge in [-0.25, -0.2) is 0 Å². The molecule has 3 nitrogen and oxygen atoms in total. The van der Waals surface area contributed by atoms with Gasteiger partial charge in [0, 0.05) is 30.6 Å². The van der Waals surface area contributed by atoms with Crippen LogP contribution >= 0.6 is 11.6 Å². The van der Waals surface area contributed by atoms with Crippen LogP contribution in [0.25, 0.3) is 11.1 Å². The Morgan fingerprint density at radius 2 is 1.86 bits per heavy atom. The predicted octanol–water partition coefficient (Wildman–Crippen LogP) is 3.62. The molecule has 0 fully saturated rings. The summed E-state index contributed by atoms with van der Waals surface area (Å²) in [6.45, 7) is 3.87. The molecule has 2 N–H and O–H groups in total. The number of rotatable bonds is 7. The molecule has 0 bridgehead atoms. The molecule has 1 amide bonds. The van der Waals surface area contributed by atoms with Gasteiger partial charge in [0.15, 0.2) is 0 Å². The lowest BCUT2D eigenvalue weighted by atomic mass is 10.0. The lowest BCUT2D eigenvalue weighted by Crippen LogP contribution is -2.24. The molecule has 22 heavy (non-hydrogen) atoms. The van der Waals surface area contributed by atoms with E-state index in [1.165, 1.54) is 6.92 Å². The second kappa shape index (κ2) is 8.57. The van der Waals surface area contributed by atoms with E-state index in [-0.39, 0.29) is 5.91 Å². The Balaban J connectivity index is 1.84. The summed E-state index contributed by atoms with van der Waals surface area (Å²) in [5.41, 5.74) is 3.34. The number of amides is 1. The van der Waals surface area contributed by atoms with Crippen LogP contribution in [0.5, 0.6) is 0 Å². The molecule has 0 unspecified atom stereocenters. The van der Waals surface area contributed by atoms with Crippen molar-refractivity contribution in [3.8, 4) is 11.1 Å². The van der Waals surface area contributed by atoms with Gasteiger partial charge in [0.05, 0.1) is 0 Å². The molecule has 0 aromatic heterocycles. The van der Waals surface area contributed by atoms with E-state index >= 15 is 0 Å². The molecule has 0 saturated carbocycles. The molecule has 116 valence electrons. The second-order valence-electron chi connectivity index (χ2n) is 5.19. The van der Waals surface area contributed by atoms with Gasteiger partial charge in [-0.1, -0.05) is 54.1 Å². The van der Waals surface area contributed by atoms with Crippen LogP contribution in [0.15, 0.2) is 48.5 Å². The second-order valence-corrected chi connectivity index (χ2v) is 5.60. The number of hydrogen-bond donors (Lipinski definition) is 2. The standard InChI is InChI=1S/C18H21ClN2O/c1-14(22)21-11-5-10-20-13-15-8-9-17(18(19)12-15)16-6-3-2-4-7-16/h2-4,6-9,12,20H,5,10-11,13H2,1H3,(H,21,22). The number of carbonyl (C=O) groups excluding carboxylic acids is 1. The monoisotopic (exact) mass is 316 g/mol. The maximum Gasteiger partial charge on any atom is 0.216 e. The summed E-state index contributed by atoms with van der Waals surface area (Å²) < 4.78 is 0. The van der Waals surface area contributed by atoms with Crippen molar-refractivity contribution in [3.05, 3.63) is 59.1 Å². The molecule has 2 rings (SSSR count). The van der Waals surface area contributed by atoms with Crippen molar-refractivity contribution < 1.29 is 4.79 Å². The van der Waals surface area contributed by atoms with Crippen molar-refractivity contribution in [3.63, 3.8) is 0 Å². The topological polar surface area (TPSA) is 41.1 Å². The lowest BCUT2D eigenvalue weighted by Gasteiger charge is -2.09. The first-order valence-corrected chi connectivity index (χ1v) is 7.83. The van der Waals surface area contributed by atoms with Gasteiger partial charge in [-0.2, -0.15) is 0 Å². The van der Waals surface area contributed by atoms with Crippen LogP contribution in [0.2, 0.25) is 5.02 Å². The third-order valence-corrected chi connectivity index (χ3v) is 3.66. The molecule has 4 heteroatoms. The van der Waals surface area contributed by atoms with Gasteiger partial charge < -0.3 is 10.6 Å². The van der Waals surface area contributed by atoms with Crippen LogP contribution in [0, 0.1) is 0 Å².